The Morgan fingerprint density at radius 3 is 1.57 bits per heavy atom. The first-order valence-corrected chi connectivity index (χ1v) is 3.45. The van der Waals surface area contributed by atoms with Crippen LogP contribution in [0.1, 0.15) is 20.8 Å². The van der Waals surface area contributed by atoms with E-state index in [9.17, 15) is 4.79 Å². The standard InChI is InChI=1S/C5H12OSi/c1-5(2,3)4(6)7/h1-3,7H3. The number of carbonyl (C=O) groups is 1. The molecule has 0 aliphatic rings. The highest BCUT2D eigenvalue weighted by molar-refractivity contribution is 6.58. The molecule has 0 bridgehead atoms. The molecule has 0 fully saturated rings. The fourth-order valence-electron chi connectivity index (χ4n) is 0. The molecule has 2 heteroatoms. The molecular weight excluding hydrogens is 104 g/mol. The van der Waals surface area contributed by atoms with E-state index in [0.29, 0.717) is 15.6 Å². The van der Waals surface area contributed by atoms with Crippen molar-refractivity contribution in [3.8, 4) is 0 Å². The Labute approximate surface area is 47.5 Å². The van der Waals surface area contributed by atoms with E-state index in [4.69, 9.17) is 0 Å². The highest BCUT2D eigenvalue weighted by Crippen LogP contribution is 2.10. The molecule has 0 heterocycles. The van der Waals surface area contributed by atoms with Crippen LogP contribution >= 0.6 is 0 Å². The predicted molar refractivity (Wildman–Crippen MR) is 34.4 cm³/mol. The van der Waals surface area contributed by atoms with Gasteiger partial charge in [-0.3, -0.25) is 0 Å². The molecule has 7 heavy (non-hydrogen) atoms. The van der Waals surface area contributed by atoms with Crippen LogP contribution in [0.5, 0.6) is 0 Å². The summed E-state index contributed by atoms with van der Waals surface area (Å²) in [6.07, 6.45) is 0. The van der Waals surface area contributed by atoms with Crippen molar-refractivity contribution in [2.24, 2.45) is 5.41 Å². The quantitative estimate of drug-likeness (QED) is 0.405. The van der Waals surface area contributed by atoms with Gasteiger partial charge in [-0.2, -0.15) is 0 Å². The highest BCUT2D eigenvalue weighted by atomic mass is 28.1. The second-order valence-corrected chi connectivity index (χ2v) is 3.71. The first-order chi connectivity index (χ1) is 2.94. The summed E-state index contributed by atoms with van der Waals surface area (Å²) >= 11 is 0. The van der Waals surface area contributed by atoms with Crippen LogP contribution in [-0.4, -0.2) is 15.6 Å². The number of rotatable bonds is 0. The van der Waals surface area contributed by atoms with Crippen LogP contribution in [-0.2, 0) is 4.79 Å². The molecule has 0 saturated carbocycles. The largest absolute Gasteiger partial charge is 0.306 e. The Morgan fingerprint density at radius 1 is 1.43 bits per heavy atom. The van der Waals surface area contributed by atoms with Crippen molar-refractivity contribution >= 4 is 15.6 Å². The lowest BCUT2D eigenvalue weighted by Crippen LogP contribution is -2.19. The van der Waals surface area contributed by atoms with Gasteiger partial charge in [0.25, 0.3) is 0 Å². The molecule has 0 saturated heterocycles. The van der Waals surface area contributed by atoms with Crippen molar-refractivity contribution in [1.82, 2.24) is 0 Å². The van der Waals surface area contributed by atoms with Gasteiger partial charge in [0.1, 0.15) is 5.41 Å². The van der Waals surface area contributed by atoms with Crippen molar-refractivity contribution in [2.75, 3.05) is 0 Å². The average Bonchev–Trinajstić information content (AvgIpc) is 1.31. The second kappa shape index (κ2) is 1.78. The molecule has 0 aromatic heterocycles. The second-order valence-electron chi connectivity index (χ2n) is 2.81. The maximum atomic E-state index is 10.5. The van der Waals surface area contributed by atoms with Gasteiger partial charge in [-0.1, -0.05) is 20.8 Å². The fraction of sp³-hybridized carbons (Fsp3) is 0.800. The summed E-state index contributed by atoms with van der Waals surface area (Å²) < 4.78 is 0. The average molecular weight is 116 g/mol. The Bertz CT molecular complexity index is 80.6. The summed E-state index contributed by atoms with van der Waals surface area (Å²) in [6, 6.07) is 0. The maximum Gasteiger partial charge on any atom is 0.105 e. The Balaban J connectivity index is 3.79. The van der Waals surface area contributed by atoms with Gasteiger partial charge in [0.15, 0.2) is 0 Å². The predicted octanol–water partition coefficient (Wildman–Crippen LogP) is -0.0755. The summed E-state index contributed by atoms with van der Waals surface area (Å²) in [5.74, 6) is 0. The number of hydrogen-bond donors (Lipinski definition) is 0. The van der Waals surface area contributed by atoms with E-state index in [2.05, 4.69) is 0 Å². The monoisotopic (exact) mass is 116 g/mol. The first-order valence-electron chi connectivity index (χ1n) is 2.45. The molecule has 0 aromatic rings. The van der Waals surface area contributed by atoms with E-state index < -0.39 is 0 Å². The lowest BCUT2D eigenvalue weighted by molar-refractivity contribution is -0.118. The summed E-state index contributed by atoms with van der Waals surface area (Å²) in [6.45, 7) is 5.84. The van der Waals surface area contributed by atoms with E-state index in [0.717, 1.165) is 0 Å². The molecule has 1 nitrogen and oxygen atoms in total. The summed E-state index contributed by atoms with van der Waals surface area (Å²) in [5.41, 5.74) is -0.0772. The van der Waals surface area contributed by atoms with Gasteiger partial charge in [0, 0.05) is 5.41 Å². The minimum absolute atomic E-state index is 0.0772. The minimum Gasteiger partial charge on any atom is -0.306 e. The fourth-order valence-corrected chi connectivity index (χ4v) is 0. The molecule has 0 rings (SSSR count). The van der Waals surface area contributed by atoms with Crippen molar-refractivity contribution in [1.29, 1.82) is 0 Å². The molecule has 0 atom stereocenters. The van der Waals surface area contributed by atoms with Crippen LogP contribution in [0.2, 0.25) is 0 Å². The number of hydrogen-bond acceptors (Lipinski definition) is 1. The summed E-state index contributed by atoms with van der Waals surface area (Å²) in [5, 5.41) is 0.382. The summed E-state index contributed by atoms with van der Waals surface area (Å²) in [7, 11) is 0.689. The molecular formula is C5H12OSi. The minimum atomic E-state index is -0.0772. The molecule has 0 aliphatic carbocycles. The first kappa shape index (κ1) is 6.89. The van der Waals surface area contributed by atoms with Crippen LogP contribution in [0.25, 0.3) is 0 Å². The van der Waals surface area contributed by atoms with Crippen molar-refractivity contribution in [2.45, 2.75) is 20.8 Å². The van der Waals surface area contributed by atoms with Crippen LogP contribution in [0.3, 0.4) is 0 Å². The maximum absolute atomic E-state index is 10.5. The Morgan fingerprint density at radius 2 is 1.57 bits per heavy atom. The van der Waals surface area contributed by atoms with Gasteiger partial charge in [-0.05, 0) is 0 Å². The molecule has 0 N–H and O–H groups in total. The van der Waals surface area contributed by atoms with Gasteiger partial charge in [0.05, 0.1) is 10.2 Å². The molecule has 0 unspecified atom stereocenters. The zero-order valence-corrected chi connectivity index (χ0v) is 7.41. The SMILES string of the molecule is CC(C)(C)C(=O)[SiH3]. The normalized spacial score (nSPS) is 11.9. The smallest absolute Gasteiger partial charge is 0.105 e. The van der Waals surface area contributed by atoms with Crippen LogP contribution in [0.15, 0.2) is 0 Å². The summed E-state index contributed by atoms with van der Waals surface area (Å²) in [4.78, 5) is 10.5. The third-order valence-electron chi connectivity index (χ3n) is 1.06. The van der Waals surface area contributed by atoms with E-state index in [1.165, 1.54) is 0 Å². The zero-order chi connectivity index (χ0) is 6.08. The van der Waals surface area contributed by atoms with Gasteiger partial charge in [-0.25, -0.2) is 0 Å². The van der Waals surface area contributed by atoms with Crippen LogP contribution in [0.4, 0.5) is 0 Å². The molecule has 42 valence electrons. The third kappa shape index (κ3) is 2.57. The van der Waals surface area contributed by atoms with Gasteiger partial charge < -0.3 is 4.79 Å². The lowest BCUT2D eigenvalue weighted by Gasteiger charge is -2.11. The zero-order valence-electron chi connectivity index (χ0n) is 5.41. The highest BCUT2D eigenvalue weighted by Gasteiger charge is 2.14. The molecule has 0 aliphatic heterocycles. The van der Waals surface area contributed by atoms with E-state index in [-0.39, 0.29) is 5.41 Å². The van der Waals surface area contributed by atoms with Crippen molar-refractivity contribution in [3.63, 3.8) is 0 Å². The van der Waals surface area contributed by atoms with E-state index >= 15 is 0 Å². The van der Waals surface area contributed by atoms with Gasteiger partial charge in [-0.15, -0.1) is 0 Å². The van der Waals surface area contributed by atoms with E-state index in [1.807, 2.05) is 20.8 Å². The molecule has 0 aromatic carbocycles. The van der Waals surface area contributed by atoms with E-state index in [1.54, 1.807) is 0 Å². The van der Waals surface area contributed by atoms with Crippen molar-refractivity contribution < 1.29 is 4.79 Å². The molecule has 0 amide bonds. The van der Waals surface area contributed by atoms with Crippen molar-refractivity contribution in [3.05, 3.63) is 0 Å². The van der Waals surface area contributed by atoms with Gasteiger partial charge in [0.2, 0.25) is 0 Å². The number of carbonyl (C=O) groups excluding carboxylic acids is 1. The Hall–Kier alpha value is -0.113. The molecule has 0 spiro atoms. The third-order valence-corrected chi connectivity index (χ3v) is 2.56. The lowest BCUT2D eigenvalue weighted by atomic mass is 9.99. The molecule has 0 radical (unpaired) electrons. The van der Waals surface area contributed by atoms with Gasteiger partial charge >= 0.3 is 0 Å². The van der Waals surface area contributed by atoms with Crippen LogP contribution < -0.4 is 0 Å². The topological polar surface area (TPSA) is 17.1 Å². The van der Waals surface area contributed by atoms with Crippen LogP contribution in [0, 0.1) is 5.41 Å². The Kier molecular flexibility index (Phi) is 1.75.